The first-order chi connectivity index (χ1) is 13.9. The first-order valence-electron chi connectivity index (χ1n) is 9.04. The zero-order valence-electron chi connectivity index (χ0n) is 16.3. The second-order valence-electron chi connectivity index (χ2n) is 5.86. The van der Waals surface area contributed by atoms with E-state index >= 15 is 0 Å². The SMILES string of the molecule is CCN(CC)S(=O)(=O)c1ccc(Oc2ccccc2)c(NC(=O)CSCC#N)c1. The Morgan fingerprint density at radius 3 is 2.48 bits per heavy atom. The third kappa shape index (κ3) is 6.22. The summed E-state index contributed by atoms with van der Waals surface area (Å²) in [4.78, 5) is 12.3. The highest BCUT2D eigenvalue weighted by molar-refractivity contribution is 8.00. The van der Waals surface area contributed by atoms with Gasteiger partial charge in [-0.2, -0.15) is 9.57 Å². The summed E-state index contributed by atoms with van der Waals surface area (Å²) >= 11 is 1.17. The molecule has 0 atom stereocenters. The van der Waals surface area contributed by atoms with Crippen LogP contribution in [-0.2, 0) is 14.8 Å². The number of carbonyl (C=O) groups excluding carboxylic acids is 1. The predicted octanol–water partition coefficient (Wildman–Crippen LogP) is 3.70. The van der Waals surface area contributed by atoms with Crippen LogP contribution >= 0.6 is 11.8 Å². The summed E-state index contributed by atoms with van der Waals surface area (Å²) in [5.74, 6) is 0.804. The molecule has 1 N–H and O–H groups in total. The molecule has 0 aromatic heterocycles. The van der Waals surface area contributed by atoms with Gasteiger partial charge in [-0.1, -0.05) is 32.0 Å². The maximum atomic E-state index is 12.8. The van der Waals surface area contributed by atoms with Crippen molar-refractivity contribution in [2.45, 2.75) is 18.7 Å². The second-order valence-corrected chi connectivity index (χ2v) is 8.79. The van der Waals surface area contributed by atoms with Gasteiger partial charge in [0.15, 0.2) is 5.75 Å². The lowest BCUT2D eigenvalue weighted by Gasteiger charge is -2.20. The minimum absolute atomic E-state index is 0.0709. The largest absolute Gasteiger partial charge is 0.455 e. The number of ether oxygens (including phenoxy) is 1. The van der Waals surface area contributed by atoms with Crippen LogP contribution in [-0.4, -0.2) is 43.2 Å². The zero-order chi connectivity index (χ0) is 21.3. The van der Waals surface area contributed by atoms with Crippen molar-refractivity contribution in [3.05, 3.63) is 48.5 Å². The molecule has 0 bridgehead atoms. The number of benzene rings is 2. The van der Waals surface area contributed by atoms with Crippen molar-refractivity contribution >= 4 is 33.4 Å². The van der Waals surface area contributed by atoms with Gasteiger partial charge in [0.1, 0.15) is 5.75 Å². The number of amides is 1. The quantitative estimate of drug-likeness (QED) is 0.574. The van der Waals surface area contributed by atoms with E-state index in [0.717, 1.165) is 0 Å². The Morgan fingerprint density at radius 2 is 1.86 bits per heavy atom. The van der Waals surface area contributed by atoms with Crippen LogP contribution in [0.4, 0.5) is 5.69 Å². The monoisotopic (exact) mass is 433 g/mol. The number of thioether (sulfide) groups is 1. The minimum Gasteiger partial charge on any atom is -0.455 e. The van der Waals surface area contributed by atoms with Crippen molar-refractivity contribution in [3.8, 4) is 17.6 Å². The molecule has 7 nitrogen and oxygen atoms in total. The normalized spacial score (nSPS) is 11.1. The van der Waals surface area contributed by atoms with Crippen molar-refractivity contribution in [1.29, 1.82) is 5.26 Å². The summed E-state index contributed by atoms with van der Waals surface area (Å²) in [6, 6.07) is 15.3. The Kier molecular flexibility index (Phi) is 8.51. The van der Waals surface area contributed by atoms with Crippen LogP contribution in [0.1, 0.15) is 13.8 Å². The van der Waals surface area contributed by atoms with Gasteiger partial charge in [0.2, 0.25) is 15.9 Å². The molecule has 9 heteroatoms. The average molecular weight is 434 g/mol. The number of nitrogens with one attached hydrogen (secondary N) is 1. The molecule has 2 aromatic rings. The van der Waals surface area contributed by atoms with Gasteiger partial charge in [-0.3, -0.25) is 4.79 Å². The number of sulfonamides is 1. The maximum absolute atomic E-state index is 12.8. The van der Waals surface area contributed by atoms with Crippen molar-refractivity contribution in [3.63, 3.8) is 0 Å². The number of nitriles is 1. The van der Waals surface area contributed by atoms with Crippen LogP contribution in [0, 0.1) is 11.3 Å². The fraction of sp³-hybridized carbons (Fsp3) is 0.300. The fourth-order valence-corrected chi connectivity index (χ4v) is 4.50. The first-order valence-corrected chi connectivity index (χ1v) is 11.6. The molecular weight excluding hydrogens is 410 g/mol. The van der Waals surface area contributed by atoms with Gasteiger partial charge in [0.25, 0.3) is 0 Å². The molecule has 0 spiro atoms. The van der Waals surface area contributed by atoms with E-state index in [0.29, 0.717) is 24.6 Å². The van der Waals surface area contributed by atoms with E-state index in [9.17, 15) is 13.2 Å². The molecule has 0 aliphatic rings. The summed E-state index contributed by atoms with van der Waals surface area (Å²) in [7, 11) is -3.69. The van der Waals surface area contributed by atoms with Gasteiger partial charge in [-0.15, -0.1) is 11.8 Å². The third-order valence-electron chi connectivity index (χ3n) is 3.94. The van der Waals surface area contributed by atoms with E-state index in [2.05, 4.69) is 5.32 Å². The lowest BCUT2D eigenvalue weighted by atomic mass is 10.2. The molecule has 0 radical (unpaired) electrons. The lowest BCUT2D eigenvalue weighted by molar-refractivity contribution is -0.113. The van der Waals surface area contributed by atoms with Crippen LogP contribution in [0.3, 0.4) is 0 Å². The van der Waals surface area contributed by atoms with Crippen molar-refractivity contribution in [2.75, 3.05) is 29.9 Å². The third-order valence-corrected chi connectivity index (χ3v) is 6.78. The van der Waals surface area contributed by atoms with Gasteiger partial charge < -0.3 is 10.1 Å². The highest BCUT2D eigenvalue weighted by Crippen LogP contribution is 2.32. The molecule has 0 aliphatic carbocycles. The summed E-state index contributed by atoms with van der Waals surface area (Å²) in [5.41, 5.74) is 0.254. The summed E-state index contributed by atoms with van der Waals surface area (Å²) in [6.45, 7) is 4.22. The van der Waals surface area contributed by atoms with E-state index in [-0.39, 0.29) is 28.0 Å². The Labute approximate surface area is 175 Å². The molecule has 2 rings (SSSR count). The van der Waals surface area contributed by atoms with Crippen molar-refractivity contribution < 1.29 is 17.9 Å². The molecule has 0 aliphatic heterocycles. The van der Waals surface area contributed by atoms with E-state index < -0.39 is 10.0 Å². The maximum Gasteiger partial charge on any atom is 0.243 e. The Hall–Kier alpha value is -2.54. The molecule has 29 heavy (non-hydrogen) atoms. The minimum atomic E-state index is -3.69. The van der Waals surface area contributed by atoms with Crippen LogP contribution in [0.2, 0.25) is 0 Å². The van der Waals surface area contributed by atoms with Gasteiger partial charge in [-0.25, -0.2) is 8.42 Å². The van der Waals surface area contributed by atoms with Gasteiger partial charge in [-0.05, 0) is 30.3 Å². The molecule has 154 valence electrons. The second kappa shape index (κ2) is 10.9. The first kappa shape index (κ1) is 22.7. The molecule has 0 saturated heterocycles. The van der Waals surface area contributed by atoms with E-state index in [1.807, 2.05) is 24.3 Å². The topological polar surface area (TPSA) is 99.5 Å². The lowest BCUT2D eigenvalue weighted by Crippen LogP contribution is -2.30. The smallest absolute Gasteiger partial charge is 0.243 e. The number of anilines is 1. The van der Waals surface area contributed by atoms with Crippen LogP contribution in [0.5, 0.6) is 11.5 Å². The number of hydrogen-bond acceptors (Lipinski definition) is 6. The molecular formula is C20H23N3O4S2. The van der Waals surface area contributed by atoms with E-state index in [1.54, 1.807) is 26.0 Å². The van der Waals surface area contributed by atoms with Gasteiger partial charge >= 0.3 is 0 Å². The summed E-state index contributed by atoms with van der Waals surface area (Å²) < 4.78 is 32.9. The molecule has 0 unspecified atom stereocenters. The van der Waals surface area contributed by atoms with E-state index in [4.69, 9.17) is 10.00 Å². The Bertz CT molecular complexity index is 969. The predicted molar refractivity (Wildman–Crippen MR) is 115 cm³/mol. The van der Waals surface area contributed by atoms with Crippen LogP contribution in [0.15, 0.2) is 53.4 Å². The van der Waals surface area contributed by atoms with Gasteiger partial charge in [0, 0.05) is 13.1 Å². The molecule has 2 aromatic carbocycles. The summed E-state index contributed by atoms with van der Waals surface area (Å²) in [5, 5.41) is 11.3. The zero-order valence-corrected chi connectivity index (χ0v) is 17.9. The summed E-state index contributed by atoms with van der Waals surface area (Å²) in [6.07, 6.45) is 0. The number of para-hydroxylation sites is 1. The molecule has 0 fully saturated rings. The van der Waals surface area contributed by atoms with E-state index in [1.165, 1.54) is 34.3 Å². The highest BCUT2D eigenvalue weighted by atomic mass is 32.2. The standard InChI is InChI=1S/C20H23N3O4S2/c1-3-23(4-2)29(25,26)17-10-11-19(27-16-8-6-5-7-9-16)18(14-17)22-20(24)15-28-13-12-21/h5-11,14H,3-4,13,15H2,1-2H3,(H,22,24). The Morgan fingerprint density at radius 1 is 1.17 bits per heavy atom. The number of carbonyl (C=O) groups is 1. The molecule has 0 heterocycles. The number of rotatable bonds is 10. The van der Waals surface area contributed by atoms with Crippen molar-refractivity contribution in [2.24, 2.45) is 0 Å². The fourth-order valence-electron chi connectivity index (χ4n) is 2.56. The average Bonchev–Trinajstić information content (AvgIpc) is 2.71. The number of nitrogens with zero attached hydrogens (tertiary/aromatic N) is 2. The molecule has 1 amide bonds. The van der Waals surface area contributed by atoms with Crippen LogP contribution in [0.25, 0.3) is 0 Å². The van der Waals surface area contributed by atoms with Gasteiger partial charge in [0.05, 0.1) is 28.2 Å². The molecule has 0 saturated carbocycles. The number of hydrogen-bond donors (Lipinski definition) is 1. The van der Waals surface area contributed by atoms with Crippen LogP contribution < -0.4 is 10.1 Å². The highest BCUT2D eigenvalue weighted by Gasteiger charge is 2.23. The Balaban J connectivity index is 2.38. The van der Waals surface area contributed by atoms with Crippen molar-refractivity contribution in [1.82, 2.24) is 4.31 Å².